The van der Waals surface area contributed by atoms with E-state index < -0.39 is 0 Å². The minimum Gasteiger partial charge on any atom is -0.507 e. The van der Waals surface area contributed by atoms with E-state index in [4.69, 9.17) is 9.97 Å². The number of phenolic OH excluding ortho intramolecular Hbond substituents is 1. The van der Waals surface area contributed by atoms with Crippen molar-refractivity contribution in [1.29, 1.82) is 0 Å². The Bertz CT molecular complexity index is 2600. The molecule has 8 aromatic rings. The lowest BCUT2D eigenvalue weighted by atomic mass is 9.79. The summed E-state index contributed by atoms with van der Waals surface area (Å²) in [5.41, 5.74) is 10.9. The van der Waals surface area contributed by atoms with Gasteiger partial charge in [-0.15, -0.1) is 0 Å². The van der Waals surface area contributed by atoms with Crippen LogP contribution in [-0.2, 0) is 10.8 Å². The zero-order chi connectivity index (χ0) is 39.7. The van der Waals surface area contributed by atoms with Crippen molar-refractivity contribution in [3.05, 3.63) is 187 Å². The van der Waals surface area contributed by atoms with Crippen molar-refractivity contribution < 1.29 is 5.11 Å². The first-order valence-electron chi connectivity index (χ1n) is 19.6. The van der Waals surface area contributed by atoms with Crippen molar-refractivity contribution in [3.8, 4) is 56.5 Å². The van der Waals surface area contributed by atoms with Crippen molar-refractivity contribution >= 4 is 17.2 Å². The number of anilines is 3. The first kappa shape index (κ1) is 37.2. The number of nitrogens with zero attached hydrogens (tertiary/aromatic N) is 4. The average molecular weight is 745 g/mol. The highest BCUT2D eigenvalue weighted by molar-refractivity contribution is 5.89. The topological polar surface area (TPSA) is 54.2 Å². The van der Waals surface area contributed by atoms with Gasteiger partial charge in [0, 0.05) is 39.8 Å². The van der Waals surface area contributed by atoms with Gasteiger partial charge < -0.3 is 5.11 Å². The van der Waals surface area contributed by atoms with Gasteiger partial charge in [0.1, 0.15) is 17.4 Å². The van der Waals surface area contributed by atoms with Crippen LogP contribution in [0.4, 0.5) is 17.2 Å². The Morgan fingerprint density at radius 1 is 0.526 bits per heavy atom. The summed E-state index contributed by atoms with van der Waals surface area (Å²) in [6.45, 7) is 13.1. The van der Waals surface area contributed by atoms with Crippen LogP contribution in [0.25, 0.3) is 50.7 Å². The van der Waals surface area contributed by atoms with Crippen molar-refractivity contribution in [3.63, 3.8) is 0 Å². The molecule has 1 N–H and O–H groups in total. The second-order valence-corrected chi connectivity index (χ2v) is 16.5. The maximum Gasteiger partial charge on any atom is 0.149 e. The van der Waals surface area contributed by atoms with Crippen LogP contribution in [0.15, 0.2) is 176 Å². The van der Waals surface area contributed by atoms with Crippen LogP contribution < -0.4 is 4.90 Å². The summed E-state index contributed by atoms with van der Waals surface area (Å²) in [6.07, 6.45) is 1.82. The van der Waals surface area contributed by atoms with E-state index in [0.717, 1.165) is 67.6 Å². The fourth-order valence-corrected chi connectivity index (χ4v) is 7.51. The summed E-state index contributed by atoms with van der Waals surface area (Å²) in [5, 5.41) is 12.5. The van der Waals surface area contributed by atoms with E-state index in [9.17, 15) is 5.11 Å². The summed E-state index contributed by atoms with van der Waals surface area (Å²) < 4.78 is 2.27. The summed E-state index contributed by atoms with van der Waals surface area (Å²) >= 11 is 0. The third kappa shape index (κ3) is 7.37. The smallest absolute Gasteiger partial charge is 0.149 e. The van der Waals surface area contributed by atoms with E-state index >= 15 is 0 Å². The predicted molar refractivity (Wildman–Crippen MR) is 237 cm³/mol. The first-order chi connectivity index (χ1) is 27.5. The molecule has 0 aliphatic carbocycles. The van der Waals surface area contributed by atoms with Crippen LogP contribution in [-0.4, -0.2) is 19.6 Å². The average Bonchev–Trinajstić information content (AvgIpc) is 3.62. The third-order valence-corrected chi connectivity index (χ3v) is 10.4. The number of hydrogen-bond donors (Lipinski definition) is 1. The Morgan fingerprint density at radius 3 is 1.77 bits per heavy atom. The minimum atomic E-state index is -0.328. The molecule has 0 unspecified atom stereocenters. The number of aromatic hydroxyl groups is 1. The lowest BCUT2D eigenvalue weighted by Crippen LogP contribution is -2.17. The number of imidazole rings is 1. The highest BCUT2D eigenvalue weighted by Gasteiger charge is 2.31. The van der Waals surface area contributed by atoms with Gasteiger partial charge in [-0.3, -0.25) is 9.47 Å². The summed E-state index contributed by atoms with van der Waals surface area (Å²) in [4.78, 5) is 12.6. The van der Waals surface area contributed by atoms with Gasteiger partial charge in [-0.25, -0.2) is 9.97 Å². The van der Waals surface area contributed by atoms with E-state index in [0.29, 0.717) is 11.4 Å². The molecule has 0 fully saturated rings. The number of aromatic nitrogens is 3. The molecule has 57 heavy (non-hydrogen) atoms. The molecule has 2 heterocycles. The fourth-order valence-electron chi connectivity index (χ4n) is 7.51. The molecular formula is C52H48N4O. The molecule has 0 amide bonds. The Morgan fingerprint density at radius 2 is 1.12 bits per heavy atom. The van der Waals surface area contributed by atoms with E-state index in [1.807, 2.05) is 54.7 Å². The molecule has 0 spiro atoms. The molecule has 5 heteroatoms. The summed E-state index contributed by atoms with van der Waals surface area (Å²) in [6, 6.07) is 58.6. The molecule has 0 radical (unpaired) electrons. The van der Waals surface area contributed by atoms with Crippen molar-refractivity contribution in [2.45, 2.75) is 52.4 Å². The van der Waals surface area contributed by atoms with Crippen LogP contribution >= 0.6 is 0 Å². The van der Waals surface area contributed by atoms with Crippen LogP contribution in [0, 0.1) is 0 Å². The van der Waals surface area contributed by atoms with Gasteiger partial charge in [0.15, 0.2) is 0 Å². The van der Waals surface area contributed by atoms with Gasteiger partial charge in [0.25, 0.3) is 0 Å². The Hall–Kier alpha value is -6.72. The summed E-state index contributed by atoms with van der Waals surface area (Å²) in [5.74, 6) is 1.71. The number of benzene rings is 6. The predicted octanol–water partition coefficient (Wildman–Crippen LogP) is 13.7. The lowest BCUT2D eigenvalue weighted by molar-refractivity contribution is 0.446. The van der Waals surface area contributed by atoms with Gasteiger partial charge in [0.2, 0.25) is 0 Å². The maximum absolute atomic E-state index is 12.5. The van der Waals surface area contributed by atoms with Gasteiger partial charge in [-0.2, -0.15) is 0 Å². The second kappa shape index (κ2) is 15.1. The lowest BCUT2D eigenvalue weighted by Gasteiger charge is -2.28. The maximum atomic E-state index is 12.5. The summed E-state index contributed by atoms with van der Waals surface area (Å²) in [7, 11) is 0. The van der Waals surface area contributed by atoms with Gasteiger partial charge in [-0.05, 0) is 70.5 Å². The monoisotopic (exact) mass is 744 g/mol. The molecule has 0 bridgehead atoms. The van der Waals surface area contributed by atoms with Gasteiger partial charge >= 0.3 is 0 Å². The van der Waals surface area contributed by atoms with Gasteiger partial charge in [-0.1, -0.05) is 163 Å². The number of para-hydroxylation sites is 2. The Balaban J connectivity index is 1.49. The zero-order valence-corrected chi connectivity index (χ0v) is 33.5. The zero-order valence-electron chi connectivity index (χ0n) is 33.5. The SMILES string of the molecule is CC(C)(C)c1cc(-c2nc(-c3cccc(N(c4ccccc4)c4ccccn4)c3)c(-c3ccccc3)n2-c2ccccc2-c2ccccc2)c(O)c(C(C)(C)C)c1. The van der Waals surface area contributed by atoms with E-state index in [2.05, 4.69) is 172 Å². The van der Waals surface area contributed by atoms with E-state index in [1.165, 1.54) is 0 Å². The van der Waals surface area contributed by atoms with Crippen LogP contribution in [0.3, 0.4) is 0 Å². The largest absolute Gasteiger partial charge is 0.507 e. The standard InChI is InChI=1S/C52H48N4O/c1-51(2,3)39-34-43(49(57)44(35-39)52(4,5)6)50-54-47(38-25-20-28-41(33-38)55(40-26-14-9-15-27-40)46-31-18-19-32-53-46)48(37-23-12-8-13-24-37)56(50)45-30-17-16-29-42(45)36-21-10-7-11-22-36/h7-35,57H,1-6H3. The molecule has 282 valence electrons. The number of rotatable bonds is 8. The minimum absolute atomic E-state index is 0.187. The number of phenols is 1. The fraction of sp³-hybridized carbons (Fsp3) is 0.154. The molecular weight excluding hydrogens is 697 g/mol. The molecule has 0 saturated carbocycles. The molecule has 0 saturated heterocycles. The molecule has 0 atom stereocenters. The number of pyridine rings is 1. The van der Waals surface area contributed by atoms with Crippen LogP contribution in [0.2, 0.25) is 0 Å². The molecule has 5 nitrogen and oxygen atoms in total. The van der Waals surface area contributed by atoms with E-state index in [-0.39, 0.29) is 16.6 Å². The van der Waals surface area contributed by atoms with E-state index in [1.54, 1.807) is 0 Å². The van der Waals surface area contributed by atoms with Crippen LogP contribution in [0.5, 0.6) is 5.75 Å². The first-order valence-corrected chi connectivity index (χ1v) is 19.6. The molecule has 0 aliphatic heterocycles. The van der Waals surface area contributed by atoms with Crippen LogP contribution in [0.1, 0.15) is 52.7 Å². The highest BCUT2D eigenvalue weighted by atomic mass is 16.3. The molecule has 2 aromatic heterocycles. The third-order valence-electron chi connectivity index (χ3n) is 10.4. The quantitative estimate of drug-likeness (QED) is 0.168. The number of hydrogen-bond acceptors (Lipinski definition) is 4. The van der Waals surface area contributed by atoms with Crippen molar-refractivity contribution in [2.24, 2.45) is 0 Å². The highest BCUT2D eigenvalue weighted by Crippen LogP contribution is 2.47. The van der Waals surface area contributed by atoms with Crippen molar-refractivity contribution in [2.75, 3.05) is 4.90 Å². The molecule has 6 aromatic carbocycles. The second-order valence-electron chi connectivity index (χ2n) is 16.5. The molecule has 8 rings (SSSR count). The normalized spacial score (nSPS) is 11.8. The van der Waals surface area contributed by atoms with Crippen molar-refractivity contribution in [1.82, 2.24) is 14.5 Å². The Kier molecular flexibility index (Phi) is 9.85. The Labute approximate surface area is 336 Å². The molecule has 0 aliphatic rings. The van der Waals surface area contributed by atoms with Gasteiger partial charge in [0.05, 0.1) is 22.6 Å².